The van der Waals surface area contributed by atoms with Crippen LogP contribution in [0.2, 0.25) is 0 Å². The fraction of sp³-hybridized carbons (Fsp3) is 0.292. The van der Waals surface area contributed by atoms with E-state index in [4.69, 9.17) is 0 Å². The van der Waals surface area contributed by atoms with E-state index >= 15 is 0 Å². The molecule has 0 bridgehead atoms. The van der Waals surface area contributed by atoms with Gasteiger partial charge in [0, 0.05) is 63.1 Å². The van der Waals surface area contributed by atoms with E-state index in [9.17, 15) is 13.2 Å². The number of hydrogen-bond donors (Lipinski definition) is 1. The third kappa shape index (κ3) is 5.45. The minimum Gasteiger partial charge on any atom is -0.369 e. The summed E-state index contributed by atoms with van der Waals surface area (Å²) in [6.07, 6.45) is 0.426. The van der Waals surface area contributed by atoms with Crippen molar-refractivity contribution in [2.24, 2.45) is 0 Å². The van der Waals surface area contributed by atoms with Crippen LogP contribution >= 0.6 is 11.3 Å². The molecule has 176 valence electrons. The van der Waals surface area contributed by atoms with Gasteiger partial charge in [0.15, 0.2) is 5.13 Å². The number of pyridine rings is 2. The average molecular weight is 485 g/mol. The maximum absolute atomic E-state index is 12.5. The predicted molar refractivity (Wildman–Crippen MR) is 130 cm³/mol. The molecule has 34 heavy (non-hydrogen) atoms. The molecule has 0 unspecified atom stereocenters. The zero-order valence-electron chi connectivity index (χ0n) is 18.3. The minimum atomic E-state index is -4.11. The molecule has 0 spiro atoms. The number of benzene rings is 1. The number of piperazine rings is 1. The van der Waals surface area contributed by atoms with Gasteiger partial charge in [0.1, 0.15) is 5.82 Å². The Morgan fingerprint density at radius 3 is 2.47 bits per heavy atom. The number of nitrogens with one attached hydrogen (secondary N) is 1. The van der Waals surface area contributed by atoms with Gasteiger partial charge in [-0.3, -0.25) is 9.88 Å². The lowest BCUT2D eigenvalue weighted by atomic mass is 10.1. The largest absolute Gasteiger partial charge is 0.390 e. The quantitative estimate of drug-likeness (QED) is 0.386. The third-order valence-electron chi connectivity index (χ3n) is 5.83. The fourth-order valence-electron chi connectivity index (χ4n) is 4.01. The number of hydrogen-bond acceptors (Lipinski definition) is 7. The lowest BCUT2D eigenvalue weighted by Crippen LogP contribution is -2.47. The second kappa shape index (κ2) is 9.55. The summed E-state index contributed by atoms with van der Waals surface area (Å²) in [5.74, 6) is 0.686. The van der Waals surface area contributed by atoms with Gasteiger partial charge < -0.3 is 10.2 Å². The first-order chi connectivity index (χ1) is 16.4. The van der Waals surface area contributed by atoms with E-state index in [1.807, 2.05) is 41.3 Å². The highest BCUT2D eigenvalue weighted by Crippen LogP contribution is 2.32. The summed E-state index contributed by atoms with van der Waals surface area (Å²) in [6, 6.07) is 14.0. The van der Waals surface area contributed by atoms with Crippen LogP contribution in [-0.4, -0.2) is 58.8 Å². The van der Waals surface area contributed by atoms with Crippen LogP contribution in [0.25, 0.3) is 21.3 Å². The maximum atomic E-state index is 12.5. The molecule has 4 heterocycles. The van der Waals surface area contributed by atoms with E-state index in [1.54, 1.807) is 29.9 Å². The van der Waals surface area contributed by atoms with Crippen molar-refractivity contribution in [3.63, 3.8) is 0 Å². The molecule has 6 nitrogen and oxygen atoms in total. The molecule has 5 rings (SSSR count). The van der Waals surface area contributed by atoms with Gasteiger partial charge in [-0.1, -0.05) is 17.4 Å². The monoisotopic (exact) mass is 484 g/mol. The zero-order chi connectivity index (χ0) is 23.5. The molecule has 1 N–H and O–H groups in total. The molecule has 4 aromatic rings. The summed E-state index contributed by atoms with van der Waals surface area (Å²) in [6.45, 7) is 2.64. The Morgan fingerprint density at radius 2 is 1.71 bits per heavy atom. The van der Waals surface area contributed by atoms with Crippen LogP contribution in [0.1, 0.15) is 6.42 Å². The van der Waals surface area contributed by atoms with Crippen molar-refractivity contribution in [3.05, 3.63) is 61.1 Å². The summed E-state index contributed by atoms with van der Waals surface area (Å²) in [5.41, 5.74) is 4.12. The van der Waals surface area contributed by atoms with Crippen molar-refractivity contribution in [3.8, 4) is 11.1 Å². The first-order valence-electron chi connectivity index (χ1n) is 11.0. The Kier molecular flexibility index (Phi) is 6.34. The van der Waals surface area contributed by atoms with Gasteiger partial charge in [-0.05, 0) is 41.5 Å². The standard InChI is InChI=1S/C24H23F3N6S/c25-24(26,27)6-10-32-11-13-33(14-12-32)19-5-9-29-22(16-19)31-23-30-20-2-1-18(15-21(20)34-23)17-3-7-28-8-4-17/h1-5,7-9,15-16H,6,10-14H2,(H,29,30,31). The molecule has 1 aliphatic heterocycles. The average Bonchev–Trinajstić information content (AvgIpc) is 3.25. The van der Waals surface area contributed by atoms with Gasteiger partial charge in [-0.25, -0.2) is 9.97 Å². The van der Waals surface area contributed by atoms with Crippen LogP contribution in [0.3, 0.4) is 0 Å². The van der Waals surface area contributed by atoms with E-state index in [0.717, 1.165) is 32.2 Å². The molecule has 1 fully saturated rings. The summed E-state index contributed by atoms with van der Waals surface area (Å²) < 4.78 is 38.5. The molecular formula is C24H23F3N6S. The highest BCUT2D eigenvalue weighted by atomic mass is 32.1. The molecular weight excluding hydrogens is 461 g/mol. The minimum absolute atomic E-state index is 0.0565. The Balaban J connectivity index is 1.24. The van der Waals surface area contributed by atoms with Crippen molar-refractivity contribution in [2.75, 3.05) is 42.9 Å². The second-order valence-corrected chi connectivity index (χ2v) is 9.19. The fourth-order valence-corrected chi connectivity index (χ4v) is 4.92. The first-order valence-corrected chi connectivity index (χ1v) is 11.8. The number of aromatic nitrogens is 3. The number of anilines is 3. The van der Waals surface area contributed by atoms with Crippen molar-refractivity contribution < 1.29 is 13.2 Å². The van der Waals surface area contributed by atoms with E-state index < -0.39 is 12.6 Å². The Labute approximate surface area is 199 Å². The van der Waals surface area contributed by atoms with Crippen LogP contribution in [0.5, 0.6) is 0 Å². The second-order valence-electron chi connectivity index (χ2n) is 8.16. The highest BCUT2D eigenvalue weighted by molar-refractivity contribution is 7.22. The van der Waals surface area contributed by atoms with Gasteiger partial charge >= 0.3 is 6.18 Å². The van der Waals surface area contributed by atoms with Gasteiger partial charge in [0.2, 0.25) is 0 Å². The van der Waals surface area contributed by atoms with Crippen molar-refractivity contribution in [1.82, 2.24) is 19.9 Å². The molecule has 1 saturated heterocycles. The predicted octanol–water partition coefficient (Wildman–Crippen LogP) is 5.57. The summed E-state index contributed by atoms with van der Waals surface area (Å²) in [4.78, 5) is 17.2. The first kappa shape index (κ1) is 22.5. The molecule has 0 saturated carbocycles. The summed E-state index contributed by atoms with van der Waals surface area (Å²) in [7, 11) is 0. The lowest BCUT2D eigenvalue weighted by molar-refractivity contribution is -0.138. The van der Waals surface area contributed by atoms with Crippen LogP contribution in [0, 0.1) is 0 Å². The zero-order valence-corrected chi connectivity index (χ0v) is 19.1. The van der Waals surface area contributed by atoms with Gasteiger partial charge in [-0.15, -0.1) is 0 Å². The molecule has 0 radical (unpaired) electrons. The third-order valence-corrected chi connectivity index (χ3v) is 6.76. The number of alkyl halides is 3. The Bertz CT molecular complexity index is 1250. The summed E-state index contributed by atoms with van der Waals surface area (Å²) >= 11 is 1.56. The molecule has 0 atom stereocenters. The van der Waals surface area contributed by atoms with Gasteiger partial charge in [0.25, 0.3) is 0 Å². The van der Waals surface area contributed by atoms with Gasteiger partial charge in [0.05, 0.1) is 16.6 Å². The van der Waals surface area contributed by atoms with E-state index in [-0.39, 0.29) is 6.54 Å². The number of nitrogens with zero attached hydrogens (tertiary/aromatic N) is 5. The van der Waals surface area contributed by atoms with Crippen molar-refractivity contribution >= 4 is 38.2 Å². The topological polar surface area (TPSA) is 57.2 Å². The molecule has 10 heteroatoms. The lowest BCUT2D eigenvalue weighted by Gasteiger charge is -2.36. The number of halogens is 3. The maximum Gasteiger partial charge on any atom is 0.390 e. The highest BCUT2D eigenvalue weighted by Gasteiger charge is 2.28. The van der Waals surface area contributed by atoms with Crippen LogP contribution < -0.4 is 10.2 Å². The Hall–Kier alpha value is -3.24. The SMILES string of the molecule is FC(F)(F)CCN1CCN(c2ccnc(Nc3nc4ccc(-c5ccncc5)cc4s3)c2)CC1. The molecule has 1 aliphatic rings. The van der Waals surface area contributed by atoms with Crippen molar-refractivity contribution in [2.45, 2.75) is 12.6 Å². The normalized spacial score (nSPS) is 15.1. The van der Waals surface area contributed by atoms with Crippen LogP contribution in [0.4, 0.5) is 29.8 Å². The molecule has 0 amide bonds. The van der Waals surface area contributed by atoms with E-state index in [0.29, 0.717) is 32.0 Å². The van der Waals surface area contributed by atoms with Gasteiger partial charge in [-0.2, -0.15) is 13.2 Å². The Morgan fingerprint density at radius 1 is 0.912 bits per heavy atom. The molecule has 3 aromatic heterocycles. The molecule has 1 aromatic carbocycles. The summed E-state index contributed by atoms with van der Waals surface area (Å²) in [5, 5.41) is 4.06. The molecule has 0 aliphatic carbocycles. The number of rotatable bonds is 6. The smallest absolute Gasteiger partial charge is 0.369 e. The van der Waals surface area contributed by atoms with Crippen LogP contribution in [-0.2, 0) is 0 Å². The van der Waals surface area contributed by atoms with Crippen molar-refractivity contribution in [1.29, 1.82) is 0 Å². The number of thiazole rings is 1. The number of fused-ring (bicyclic) bond motifs is 1. The van der Waals surface area contributed by atoms with E-state index in [2.05, 4.69) is 31.2 Å². The van der Waals surface area contributed by atoms with E-state index in [1.165, 1.54) is 0 Å². The van der Waals surface area contributed by atoms with Crippen LogP contribution in [0.15, 0.2) is 61.1 Å².